The van der Waals surface area contributed by atoms with Crippen molar-refractivity contribution in [2.75, 3.05) is 5.75 Å². The van der Waals surface area contributed by atoms with E-state index in [1.807, 2.05) is 32.5 Å². The Hall–Kier alpha value is -0.620. The van der Waals surface area contributed by atoms with Gasteiger partial charge in [0.25, 0.3) is 0 Å². The summed E-state index contributed by atoms with van der Waals surface area (Å²) in [5.74, 6) is 0.623. The fourth-order valence-corrected chi connectivity index (χ4v) is 5.35. The van der Waals surface area contributed by atoms with Crippen LogP contribution in [0.5, 0.6) is 0 Å². The summed E-state index contributed by atoms with van der Waals surface area (Å²) in [4.78, 5) is 4.69. The first-order chi connectivity index (χ1) is 11.4. The molecule has 0 N–H and O–H groups in total. The highest BCUT2D eigenvalue weighted by atomic mass is 79.9. The monoisotopic (exact) mass is 407 g/mol. The molecule has 3 atom stereocenters. The number of fused-ring (bicyclic) bond motifs is 2. The van der Waals surface area contributed by atoms with Crippen molar-refractivity contribution in [1.82, 2.24) is 4.98 Å². The van der Waals surface area contributed by atoms with Gasteiger partial charge in [0.1, 0.15) is 0 Å². The molecule has 0 radical (unpaired) electrons. The predicted molar refractivity (Wildman–Crippen MR) is 103 cm³/mol. The maximum absolute atomic E-state index is 6.11. The smallest absolute Gasteiger partial charge is 0.163 e. The molecule has 2 aromatic rings. The van der Waals surface area contributed by atoms with Gasteiger partial charge in [-0.15, -0.1) is 0 Å². The van der Waals surface area contributed by atoms with Crippen LogP contribution in [-0.4, -0.2) is 34.0 Å². The molecule has 3 heterocycles. The van der Waals surface area contributed by atoms with E-state index in [2.05, 4.69) is 40.2 Å². The molecule has 128 valence electrons. The van der Waals surface area contributed by atoms with Crippen molar-refractivity contribution in [2.24, 2.45) is 0 Å². The van der Waals surface area contributed by atoms with Crippen LogP contribution < -0.4 is 0 Å². The summed E-state index contributed by atoms with van der Waals surface area (Å²) < 4.78 is 13.2. The van der Waals surface area contributed by atoms with Crippen molar-refractivity contribution >= 4 is 38.6 Å². The molecule has 2 aliphatic rings. The van der Waals surface area contributed by atoms with E-state index in [0.717, 1.165) is 34.3 Å². The SMILES string of the molecule is Cc1nc2cc(CC[C@H]3SC[C@@H]4OC(C)(C)O[C@@H]43)ccc2cc1Br. The fourth-order valence-electron chi connectivity index (χ4n) is 3.62. The minimum absolute atomic E-state index is 0.238. The number of halogens is 1. The first-order valence-corrected chi connectivity index (χ1v) is 10.3. The van der Waals surface area contributed by atoms with Crippen LogP contribution in [0, 0.1) is 6.92 Å². The minimum atomic E-state index is -0.424. The van der Waals surface area contributed by atoms with Gasteiger partial charge in [0, 0.05) is 20.9 Å². The summed E-state index contributed by atoms with van der Waals surface area (Å²) >= 11 is 5.55. The van der Waals surface area contributed by atoms with E-state index in [-0.39, 0.29) is 12.2 Å². The number of ether oxygens (including phenoxy) is 2. The second kappa shape index (κ2) is 6.27. The number of aryl methyl sites for hydroxylation is 2. The average Bonchev–Trinajstić information content (AvgIpc) is 3.01. The first kappa shape index (κ1) is 16.8. The standard InChI is InChI=1S/C19H22BrNO2S/c1-11-14(20)9-13-6-4-12(8-15(13)21-11)5-7-17-18-16(10-24-17)22-19(2,3)23-18/h4,6,8-9,16-18H,5,7,10H2,1-3H3/t16-,17+,18-/m0/s1. The van der Waals surface area contributed by atoms with E-state index < -0.39 is 5.79 Å². The molecule has 2 saturated heterocycles. The molecule has 0 bridgehead atoms. The number of nitrogens with zero attached hydrogens (tertiary/aromatic N) is 1. The van der Waals surface area contributed by atoms with Crippen molar-refractivity contribution < 1.29 is 9.47 Å². The second-order valence-electron chi connectivity index (χ2n) is 7.13. The molecule has 5 heteroatoms. The average molecular weight is 408 g/mol. The van der Waals surface area contributed by atoms with E-state index in [0.29, 0.717) is 5.25 Å². The molecule has 0 aliphatic carbocycles. The van der Waals surface area contributed by atoms with Crippen molar-refractivity contribution in [3.63, 3.8) is 0 Å². The Labute approximate surface area is 155 Å². The molecule has 0 spiro atoms. The van der Waals surface area contributed by atoms with Gasteiger partial charge in [-0.3, -0.25) is 4.98 Å². The lowest BCUT2D eigenvalue weighted by atomic mass is 10.0. The van der Waals surface area contributed by atoms with E-state index in [9.17, 15) is 0 Å². The zero-order valence-electron chi connectivity index (χ0n) is 14.2. The summed E-state index contributed by atoms with van der Waals surface area (Å²) in [6.07, 6.45) is 2.67. The lowest BCUT2D eigenvalue weighted by molar-refractivity contribution is -0.145. The van der Waals surface area contributed by atoms with Crippen LogP contribution in [0.3, 0.4) is 0 Å². The summed E-state index contributed by atoms with van der Waals surface area (Å²) in [6, 6.07) is 8.76. The molecule has 24 heavy (non-hydrogen) atoms. The summed E-state index contributed by atoms with van der Waals surface area (Å²) in [5, 5.41) is 1.70. The molecule has 0 unspecified atom stereocenters. The number of benzene rings is 1. The lowest BCUT2D eigenvalue weighted by Crippen LogP contribution is -2.28. The molecule has 3 nitrogen and oxygen atoms in total. The van der Waals surface area contributed by atoms with Crippen LogP contribution in [0.1, 0.15) is 31.5 Å². The Morgan fingerprint density at radius 3 is 2.96 bits per heavy atom. The zero-order chi connectivity index (χ0) is 16.9. The lowest BCUT2D eigenvalue weighted by Gasteiger charge is -2.21. The van der Waals surface area contributed by atoms with Crippen molar-refractivity contribution in [3.05, 3.63) is 40.0 Å². The van der Waals surface area contributed by atoms with E-state index >= 15 is 0 Å². The third kappa shape index (κ3) is 3.24. The molecular weight excluding hydrogens is 386 g/mol. The summed E-state index contributed by atoms with van der Waals surface area (Å²) in [7, 11) is 0. The number of hydrogen-bond acceptors (Lipinski definition) is 4. The molecule has 2 aliphatic heterocycles. The van der Waals surface area contributed by atoms with Gasteiger partial charge in [-0.2, -0.15) is 11.8 Å². The van der Waals surface area contributed by atoms with Crippen LogP contribution in [-0.2, 0) is 15.9 Å². The topological polar surface area (TPSA) is 31.4 Å². The Morgan fingerprint density at radius 1 is 1.29 bits per heavy atom. The van der Waals surface area contributed by atoms with Crippen LogP contribution in [0.25, 0.3) is 10.9 Å². The quantitative estimate of drug-likeness (QED) is 0.725. The number of hydrogen-bond donors (Lipinski definition) is 0. The summed E-state index contributed by atoms with van der Waals surface area (Å²) in [6.45, 7) is 6.07. The molecule has 4 rings (SSSR count). The number of rotatable bonds is 3. The molecule has 1 aromatic carbocycles. The van der Waals surface area contributed by atoms with Crippen LogP contribution in [0.15, 0.2) is 28.7 Å². The Kier molecular flexibility index (Phi) is 4.40. The number of aromatic nitrogens is 1. The fraction of sp³-hybridized carbons (Fsp3) is 0.526. The van der Waals surface area contributed by atoms with Crippen LogP contribution in [0.2, 0.25) is 0 Å². The molecule has 1 aromatic heterocycles. The van der Waals surface area contributed by atoms with Gasteiger partial charge in [-0.25, -0.2) is 0 Å². The Balaban J connectivity index is 1.46. The first-order valence-electron chi connectivity index (χ1n) is 8.44. The Bertz CT molecular complexity index is 779. The normalized spacial score (nSPS) is 28.4. The largest absolute Gasteiger partial charge is 0.344 e. The molecule has 2 fully saturated rings. The van der Waals surface area contributed by atoms with E-state index in [4.69, 9.17) is 14.5 Å². The zero-order valence-corrected chi connectivity index (χ0v) is 16.6. The Morgan fingerprint density at radius 2 is 2.12 bits per heavy atom. The maximum atomic E-state index is 6.11. The maximum Gasteiger partial charge on any atom is 0.163 e. The van der Waals surface area contributed by atoms with Gasteiger partial charge in [0.2, 0.25) is 0 Å². The number of pyridine rings is 1. The van der Waals surface area contributed by atoms with Gasteiger partial charge in [0.15, 0.2) is 5.79 Å². The third-order valence-corrected chi connectivity index (χ3v) is 7.05. The van der Waals surface area contributed by atoms with Gasteiger partial charge >= 0.3 is 0 Å². The van der Waals surface area contributed by atoms with Crippen molar-refractivity contribution in [2.45, 2.75) is 56.9 Å². The highest BCUT2D eigenvalue weighted by Crippen LogP contribution is 2.42. The molecule has 0 saturated carbocycles. The van der Waals surface area contributed by atoms with Gasteiger partial charge in [-0.05, 0) is 67.2 Å². The number of thioether (sulfide) groups is 1. The van der Waals surface area contributed by atoms with Gasteiger partial charge in [-0.1, -0.05) is 12.1 Å². The predicted octanol–water partition coefficient (Wildman–Crippen LogP) is 4.87. The second-order valence-corrected chi connectivity index (χ2v) is 9.26. The summed E-state index contributed by atoms with van der Waals surface area (Å²) in [5.41, 5.74) is 3.46. The highest BCUT2D eigenvalue weighted by molar-refractivity contribution is 9.10. The molecular formula is C19H22BrNO2S. The van der Waals surface area contributed by atoms with Crippen LogP contribution in [0.4, 0.5) is 0 Å². The van der Waals surface area contributed by atoms with Gasteiger partial charge < -0.3 is 9.47 Å². The van der Waals surface area contributed by atoms with Gasteiger partial charge in [0.05, 0.1) is 23.4 Å². The van der Waals surface area contributed by atoms with Crippen LogP contribution >= 0.6 is 27.7 Å². The van der Waals surface area contributed by atoms with E-state index in [1.165, 1.54) is 10.9 Å². The van der Waals surface area contributed by atoms with E-state index in [1.54, 1.807) is 0 Å². The highest BCUT2D eigenvalue weighted by Gasteiger charge is 2.49. The van der Waals surface area contributed by atoms with Crippen molar-refractivity contribution in [3.8, 4) is 0 Å². The molecule has 0 amide bonds. The minimum Gasteiger partial charge on any atom is -0.344 e. The van der Waals surface area contributed by atoms with Crippen molar-refractivity contribution in [1.29, 1.82) is 0 Å². The third-order valence-electron chi connectivity index (χ3n) is 4.79.